The molecule has 5 rings (SSSR count). The van der Waals surface area contributed by atoms with E-state index in [1.54, 1.807) is 38.1 Å². The van der Waals surface area contributed by atoms with Crippen LogP contribution in [0.4, 0.5) is 9.52 Å². The average molecular weight is 618 g/mol. The van der Waals surface area contributed by atoms with E-state index in [4.69, 9.17) is 0 Å². The highest BCUT2D eigenvalue weighted by molar-refractivity contribution is 9.10. The second-order valence-corrected chi connectivity index (χ2v) is 12.4. The number of Topliss-reactive ketones (excluding diaryl/α,β-unsaturated/α-hetero) is 1. The molecule has 0 radical (unpaired) electrons. The number of aliphatic hydroxyl groups excluding tert-OH is 1. The Bertz CT molecular complexity index is 1530. The number of hydrogen-bond donors (Lipinski definition) is 1. The molecule has 1 aliphatic heterocycles. The van der Waals surface area contributed by atoms with E-state index in [0.717, 1.165) is 10.0 Å². The minimum Gasteiger partial charge on any atom is -0.503 e. The van der Waals surface area contributed by atoms with E-state index in [0.29, 0.717) is 31.2 Å². The zero-order chi connectivity index (χ0) is 26.3. The van der Waals surface area contributed by atoms with Gasteiger partial charge in [-0.1, -0.05) is 63.3 Å². The van der Waals surface area contributed by atoms with Crippen LogP contribution in [-0.4, -0.2) is 32.0 Å². The summed E-state index contributed by atoms with van der Waals surface area (Å²) < 4.78 is 14.6. The van der Waals surface area contributed by atoms with Crippen LogP contribution in [0.5, 0.6) is 0 Å². The average Bonchev–Trinajstić information content (AvgIpc) is 3.55. The molecule has 1 atom stereocenters. The number of hydrogen-bond acceptors (Lipinski definition) is 9. The standard InChI is InChI=1S/C25H18BrFN4O3S3/c1-12-22(36-13(2)28-12)20(32)18-19(15-5-7-16(26)8-6-15)31(23(34)21(18)33)24-29-30-25(37-24)35-11-14-3-9-17(27)10-4-14/h3-10,19,33H,11H2,1-2H3. The molecule has 0 saturated heterocycles. The van der Waals surface area contributed by atoms with Gasteiger partial charge in [0.25, 0.3) is 5.91 Å². The number of nitrogens with zero attached hydrogens (tertiary/aromatic N) is 4. The number of halogens is 2. The SMILES string of the molecule is Cc1nc(C)c(C(=O)C2=C(O)C(=O)N(c3nnc(SCc4ccc(F)cc4)s3)C2c2ccc(Br)cc2)s1. The fourth-order valence-corrected chi connectivity index (χ4v) is 6.90. The lowest BCUT2D eigenvalue weighted by molar-refractivity contribution is -0.117. The van der Waals surface area contributed by atoms with Gasteiger partial charge < -0.3 is 5.11 Å². The Hall–Kier alpha value is -2.93. The molecule has 12 heteroatoms. The van der Waals surface area contributed by atoms with Gasteiger partial charge in [0.15, 0.2) is 10.1 Å². The van der Waals surface area contributed by atoms with E-state index in [9.17, 15) is 19.1 Å². The van der Waals surface area contributed by atoms with Crippen LogP contribution in [0.1, 0.15) is 37.5 Å². The van der Waals surface area contributed by atoms with Crippen LogP contribution in [0.15, 0.2) is 68.7 Å². The van der Waals surface area contributed by atoms with E-state index in [-0.39, 0.29) is 16.5 Å². The molecular weight excluding hydrogens is 599 g/mol. The number of carbonyl (C=O) groups excluding carboxylic acids is 2. The summed E-state index contributed by atoms with van der Waals surface area (Å²) in [5.41, 5.74) is 2.08. The van der Waals surface area contributed by atoms with Crippen molar-refractivity contribution in [1.29, 1.82) is 0 Å². The van der Waals surface area contributed by atoms with E-state index in [1.165, 1.54) is 51.5 Å². The molecule has 7 nitrogen and oxygen atoms in total. The summed E-state index contributed by atoms with van der Waals surface area (Å²) in [6, 6.07) is 12.5. The third-order valence-electron chi connectivity index (χ3n) is 5.63. The van der Waals surface area contributed by atoms with Gasteiger partial charge >= 0.3 is 0 Å². The number of amides is 1. The van der Waals surface area contributed by atoms with Crippen molar-refractivity contribution >= 4 is 67.2 Å². The molecule has 0 saturated carbocycles. The second kappa shape index (κ2) is 10.4. The molecule has 1 amide bonds. The Morgan fingerprint density at radius 1 is 1.11 bits per heavy atom. The minimum absolute atomic E-state index is 0.0187. The van der Waals surface area contributed by atoms with Gasteiger partial charge in [-0.15, -0.1) is 21.5 Å². The van der Waals surface area contributed by atoms with Crippen molar-refractivity contribution < 1.29 is 19.1 Å². The molecule has 4 aromatic rings. The first-order valence-electron chi connectivity index (χ1n) is 10.9. The van der Waals surface area contributed by atoms with Crippen LogP contribution in [0, 0.1) is 19.7 Å². The lowest BCUT2D eigenvalue weighted by Crippen LogP contribution is -2.31. The molecule has 2 aromatic carbocycles. The van der Waals surface area contributed by atoms with Gasteiger partial charge in [-0.25, -0.2) is 9.37 Å². The van der Waals surface area contributed by atoms with Crippen molar-refractivity contribution in [2.75, 3.05) is 4.90 Å². The summed E-state index contributed by atoms with van der Waals surface area (Å²) in [6.45, 7) is 3.53. The fraction of sp³-hybridized carbons (Fsp3) is 0.160. The van der Waals surface area contributed by atoms with Crippen LogP contribution < -0.4 is 4.90 Å². The van der Waals surface area contributed by atoms with Crippen molar-refractivity contribution in [3.63, 3.8) is 0 Å². The van der Waals surface area contributed by atoms with E-state index in [1.807, 2.05) is 12.1 Å². The van der Waals surface area contributed by atoms with Crippen LogP contribution in [-0.2, 0) is 10.5 Å². The summed E-state index contributed by atoms with van der Waals surface area (Å²) >= 11 is 7.22. The highest BCUT2D eigenvalue weighted by Crippen LogP contribution is 2.44. The summed E-state index contributed by atoms with van der Waals surface area (Å²) in [7, 11) is 0. The van der Waals surface area contributed by atoms with Gasteiger partial charge in [0.1, 0.15) is 5.82 Å². The van der Waals surface area contributed by atoms with Crippen LogP contribution >= 0.6 is 50.4 Å². The smallest absolute Gasteiger partial charge is 0.296 e. The second-order valence-electron chi connectivity index (χ2n) is 8.13. The van der Waals surface area contributed by atoms with Gasteiger partial charge in [0, 0.05) is 10.2 Å². The zero-order valence-corrected chi connectivity index (χ0v) is 23.5. The number of thiazole rings is 1. The first-order valence-corrected chi connectivity index (χ1v) is 14.4. The number of rotatable bonds is 7. The third-order valence-corrected chi connectivity index (χ3v) is 9.35. The van der Waals surface area contributed by atoms with Crippen molar-refractivity contribution in [2.45, 2.75) is 30.0 Å². The zero-order valence-electron chi connectivity index (χ0n) is 19.4. The van der Waals surface area contributed by atoms with Crippen LogP contribution in [0.2, 0.25) is 0 Å². The maximum Gasteiger partial charge on any atom is 0.296 e. The van der Waals surface area contributed by atoms with Crippen molar-refractivity contribution in [2.24, 2.45) is 0 Å². The molecule has 0 fully saturated rings. The summed E-state index contributed by atoms with van der Waals surface area (Å²) in [5, 5.41) is 20.3. The first-order chi connectivity index (χ1) is 17.7. The Labute approximate surface area is 232 Å². The molecule has 0 bridgehead atoms. The Morgan fingerprint density at radius 3 is 2.46 bits per heavy atom. The molecule has 37 heavy (non-hydrogen) atoms. The quantitative estimate of drug-likeness (QED) is 0.142. The summed E-state index contributed by atoms with van der Waals surface area (Å²) in [4.78, 5) is 33.0. The fourth-order valence-electron chi connectivity index (χ4n) is 3.94. The number of aliphatic hydroxyl groups is 1. The Kier molecular flexibility index (Phi) is 7.26. The predicted molar refractivity (Wildman–Crippen MR) is 146 cm³/mol. The predicted octanol–water partition coefficient (Wildman–Crippen LogP) is 6.59. The molecule has 0 spiro atoms. The molecule has 1 N–H and O–H groups in total. The van der Waals surface area contributed by atoms with E-state index < -0.39 is 23.5 Å². The molecule has 0 aliphatic carbocycles. The largest absolute Gasteiger partial charge is 0.503 e. The summed E-state index contributed by atoms with van der Waals surface area (Å²) in [6.07, 6.45) is 0. The lowest BCUT2D eigenvalue weighted by atomic mass is 9.95. The summed E-state index contributed by atoms with van der Waals surface area (Å²) in [5.74, 6) is -1.55. The molecule has 188 valence electrons. The highest BCUT2D eigenvalue weighted by Gasteiger charge is 2.46. The van der Waals surface area contributed by atoms with Gasteiger partial charge in [-0.05, 0) is 49.2 Å². The third kappa shape index (κ3) is 5.11. The number of ketones is 1. The molecule has 2 aromatic heterocycles. The lowest BCUT2D eigenvalue weighted by Gasteiger charge is -2.24. The van der Waals surface area contributed by atoms with Crippen LogP contribution in [0.3, 0.4) is 0 Å². The number of carbonyl (C=O) groups is 2. The molecule has 1 unspecified atom stereocenters. The van der Waals surface area contributed by atoms with Gasteiger partial charge in [0.2, 0.25) is 10.9 Å². The van der Waals surface area contributed by atoms with Crippen molar-refractivity contribution in [1.82, 2.24) is 15.2 Å². The minimum atomic E-state index is -0.891. The van der Waals surface area contributed by atoms with Gasteiger partial charge in [0.05, 0.1) is 27.2 Å². The van der Waals surface area contributed by atoms with E-state index >= 15 is 0 Å². The topological polar surface area (TPSA) is 96.3 Å². The number of aromatic nitrogens is 3. The Balaban J connectivity index is 1.50. The first kappa shape index (κ1) is 25.7. The van der Waals surface area contributed by atoms with Gasteiger partial charge in [-0.2, -0.15) is 0 Å². The van der Waals surface area contributed by atoms with E-state index in [2.05, 4.69) is 31.1 Å². The van der Waals surface area contributed by atoms with Crippen molar-refractivity contribution in [3.05, 3.63) is 96.9 Å². The Morgan fingerprint density at radius 2 is 1.81 bits per heavy atom. The number of aryl methyl sites for hydroxylation is 2. The maximum atomic E-state index is 13.7. The molecule has 3 heterocycles. The maximum absolute atomic E-state index is 13.7. The highest BCUT2D eigenvalue weighted by atomic mass is 79.9. The molecule has 1 aliphatic rings. The van der Waals surface area contributed by atoms with Crippen molar-refractivity contribution in [3.8, 4) is 0 Å². The normalized spacial score (nSPS) is 15.6. The molecular formula is C25H18BrFN4O3S3. The van der Waals surface area contributed by atoms with Gasteiger partial charge in [-0.3, -0.25) is 14.5 Å². The monoisotopic (exact) mass is 616 g/mol. The number of anilines is 1. The van der Waals surface area contributed by atoms with Crippen LogP contribution in [0.25, 0.3) is 0 Å². The number of thioether (sulfide) groups is 1. The number of benzene rings is 2.